The minimum absolute atomic E-state index is 0.438. The molecule has 0 saturated carbocycles. The first-order chi connectivity index (χ1) is 14.8. The smallest absolute Gasteiger partial charge is 0.128 e. The van der Waals surface area contributed by atoms with Crippen LogP contribution in [-0.4, -0.2) is 35.5 Å². The Morgan fingerprint density at radius 2 is 1.09 bits per heavy atom. The number of phenols is 2. The normalized spacial score (nSPS) is 12.4. The molecule has 0 saturated heterocycles. The molecule has 3 aromatic carbocycles. The molecule has 2 radical (unpaired) electrons. The predicted octanol–water partition coefficient (Wildman–Crippen LogP) is 4.18. The van der Waals surface area contributed by atoms with E-state index in [-0.39, 0.29) is 0 Å². The second-order valence-electron chi connectivity index (χ2n) is 10.5. The molecule has 0 fully saturated rings. The molecule has 32 heavy (non-hydrogen) atoms. The molecule has 0 aliphatic carbocycles. The van der Waals surface area contributed by atoms with Crippen LogP contribution in [0.5, 0.6) is 11.5 Å². The lowest BCUT2D eigenvalue weighted by molar-refractivity contribution is 0.483. The number of hydrogen-bond donors (Lipinski definition) is 2. The zero-order valence-corrected chi connectivity index (χ0v) is 24.4. The number of para-hydroxylation sites is 2. The quantitative estimate of drug-likeness (QED) is 0.399. The van der Waals surface area contributed by atoms with Gasteiger partial charge in [-0.15, -0.1) is 0 Å². The molecule has 0 atom stereocenters. The summed E-state index contributed by atoms with van der Waals surface area (Å²) in [5.74, 6) is 0.877. The molecule has 0 spiro atoms. The lowest BCUT2D eigenvalue weighted by Gasteiger charge is -2.27. The maximum absolute atomic E-state index is 11.5. The zero-order chi connectivity index (χ0) is 23.8. The van der Waals surface area contributed by atoms with Crippen LogP contribution in [0.3, 0.4) is 0 Å². The van der Waals surface area contributed by atoms with Crippen molar-refractivity contribution in [3.63, 3.8) is 0 Å². The van der Waals surface area contributed by atoms with Crippen LogP contribution < -0.4 is 26.2 Å². The van der Waals surface area contributed by atoms with Gasteiger partial charge in [0.15, 0.2) is 0 Å². The lowest BCUT2D eigenvalue weighted by atomic mass is 10.1. The fourth-order valence-corrected chi connectivity index (χ4v) is 12.6. The molecule has 3 aromatic rings. The molecule has 168 valence electrons. The second kappa shape index (κ2) is 9.30. The summed E-state index contributed by atoms with van der Waals surface area (Å²) < 4.78 is 0. The molecule has 0 amide bonds. The molecule has 0 aliphatic rings. The van der Waals surface area contributed by atoms with Gasteiger partial charge in [-0.05, 0) is 42.8 Å². The van der Waals surface area contributed by atoms with Crippen LogP contribution in [0, 0.1) is 13.8 Å². The number of rotatable bonds is 6. The molecule has 0 aliphatic heterocycles. The second-order valence-corrected chi connectivity index (χ2v) is 25.0. The Morgan fingerprint density at radius 3 is 1.53 bits per heavy atom. The minimum Gasteiger partial charge on any atom is -0.507 e. The van der Waals surface area contributed by atoms with E-state index in [1.165, 1.54) is 16.3 Å². The summed E-state index contributed by atoms with van der Waals surface area (Å²) in [6, 6.07) is 19.0. The average molecular weight is 495 g/mol. The van der Waals surface area contributed by atoms with Crippen LogP contribution in [0.25, 0.3) is 0 Å². The fourth-order valence-electron chi connectivity index (χ4n) is 3.88. The zero-order valence-electron chi connectivity index (χ0n) is 20.5. The highest BCUT2D eigenvalue weighted by atomic mass is 31.4. The van der Waals surface area contributed by atoms with E-state index in [0.717, 1.165) is 21.0 Å². The Kier molecular flexibility index (Phi) is 7.26. The average Bonchev–Trinajstić information content (AvgIpc) is 2.68. The van der Waals surface area contributed by atoms with E-state index in [9.17, 15) is 10.2 Å². The van der Waals surface area contributed by atoms with Gasteiger partial charge in [-0.25, -0.2) is 0 Å². The third kappa shape index (κ3) is 5.12. The van der Waals surface area contributed by atoms with Crippen LogP contribution in [-0.2, 0) is 0 Å². The standard InChI is InChI=1S/C26H35O2PSi3/c1-18-12-9-15-22(19(18)2)30-29(20-13-10-16-23(25(20)27)31(3,4)5)21-14-11-17-24(26(21)28)32(6,7)8/h9-17,27-28H,1-8H3. The van der Waals surface area contributed by atoms with E-state index >= 15 is 0 Å². The van der Waals surface area contributed by atoms with Crippen molar-refractivity contribution < 1.29 is 10.2 Å². The van der Waals surface area contributed by atoms with E-state index in [1.54, 1.807) is 0 Å². The maximum atomic E-state index is 11.5. The van der Waals surface area contributed by atoms with Crippen molar-refractivity contribution in [1.29, 1.82) is 0 Å². The van der Waals surface area contributed by atoms with Crippen LogP contribution in [0.1, 0.15) is 11.1 Å². The van der Waals surface area contributed by atoms with Gasteiger partial charge in [0.05, 0.1) is 16.1 Å². The van der Waals surface area contributed by atoms with Gasteiger partial charge in [-0.3, -0.25) is 0 Å². The molecule has 0 bridgehead atoms. The summed E-state index contributed by atoms with van der Waals surface area (Å²) in [5, 5.41) is 28.4. The van der Waals surface area contributed by atoms with Gasteiger partial charge in [-0.1, -0.05) is 99.1 Å². The Hall–Kier alpha value is -1.66. The minimum atomic E-state index is -1.71. The molecular formula is C26H35O2PSi3. The monoisotopic (exact) mass is 494 g/mol. The predicted molar refractivity (Wildman–Crippen MR) is 150 cm³/mol. The number of hydrogen-bond acceptors (Lipinski definition) is 2. The third-order valence-corrected chi connectivity index (χ3v) is 15.5. The van der Waals surface area contributed by atoms with Crippen molar-refractivity contribution in [3.05, 3.63) is 65.7 Å². The van der Waals surface area contributed by atoms with Crippen molar-refractivity contribution in [1.82, 2.24) is 0 Å². The highest BCUT2D eigenvalue weighted by Gasteiger charge is 2.30. The van der Waals surface area contributed by atoms with E-state index in [0.29, 0.717) is 20.7 Å². The topological polar surface area (TPSA) is 40.5 Å². The Labute approximate surface area is 199 Å². The van der Waals surface area contributed by atoms with E-state index in [2.05, 4.69) is 108 Å². The molecule has 2 N–H and O–H groups in total. The Bertz CT molecular complexity index is 1070. The summed E-state index contributed by atoms with van der Waals surface area (Å²) in [6.07, 6.45) is 0. The van der Waals surface area contributed by atoms with Gasteiger partial charge < -0.3 is 10.2 Å². The number of aryl methyl sites for hydroxylation is 1. The third-order valence-electron chi connectivity index (χ3n) is 5.96. The number of benzene rings is 3. The summed E-state index contributed by atoms with van der Waals surface area (Å²) >= 11 is 0. The molecule has 0 unspecified atom stereocenters. The van der Waals surface area contributed by atoms with Crippen LogP contribution in [0.4, 0.5) is 0 Å². The van der Waals surface area contributed by atoms with Crippen LogP contribution in [0.15, 0.2) is 54.6 Å². The van der Waals surface area contributed by atoms with Crippen molar-refractivity contribution in [3.8, 4) is 11.5 Å². The molecule has 0 aromatic heterocycles. The first kappa shape index (κ1) is 25.0. The van der Waals surface area contributed by atoms with Crippen molar-refractivity contribution in [2.24, 2.45) is 0 Å². The van der Waals surface area contributed by atoms with Crippen LogP contribution in [0.2, 0.25) is 39.3 Å². The molecule has 6 heteroatoms. The largest absolute Gasteiger partial charge is 0.507 e. The highest BCUT2D eigenvalue weighted by Crippen LogP contribution is 2.38. The lowest BCUT2D eigenvalue weighted by Crippen LogP contribution is -2.41. The molecular weight excluding hydrogens is 460 g/mol. The Balaban J connectivity index is 2.27. The van der Waals surface area contributed by atoms with Gasteiger partial charge in [0.25, 0.3) is 0 Å². The fraction of sp³-hybridized carbons (Fsp3) is 0.308. The molecule has 2 nitrogen and oxygen atoms in total. The number of aromatic hydroxyl groups is 2. The van der Waals surface area contributed by atoms with E-state index in [4.69, 9.17) is 0 Å². The van der Waals surface area contributed by atoms with Crippen LogP contribution >= 0.6 is 7.47 Å². The molecule has 0 heterocycles. The summed E-state index contributed by atoms with van der Waals surface area (Å²) in [7, 11) is -3.91. The highest BCUT2D eigenvalue weighted by molar-refractivity contribution is 7.99. The summed E-state index contributed by atoms with van der Waals surface area (Å²) in [6.45, 7) is 17.9. The summed E-state index contributed by atoms with van der Waals surface area (Å²) in [4.78, 5) is 0. The SMILES string of the molecule is Cc1cccc([Si]P(c2cccc([Si](C)(C)C)c2O)c2cccc([Si](C)(C)C)c2O)c1C. The first-order valence-corrected chi connectivity index (χ1v) is 21.3. The van der Waals surface area contributed by atoms with Crippen molar-refractivity contribution >= 4 is 59.0 Å². The Morgan fingerprint density at radius 1 is 0.656 bits per heavy atom. The van der Waals surface area contributed by atoms with Crippen molar-refractivity contribution in [2.75, 3.05) is 0 Å². The first-order valence-electron chi connectivity index (χ1n) is 11.1. The van der Waals surface area contributed by atoms with Gasteiger partial charge in [0.2, 0.25) is 0 Å². The van der Waals surface area contributed by atoms with E-state index in [1.807, 2.05) is 0 Å². The van der Waals surface area contributed by atoms with Gasteiger partial charge in [-0.2, -0.15) is 0 Å². The number of phenolic OH excluding ortho intramolecular Hbond substituents is 2. The van der Waals surface area contributed by atoms with Gasteiger partial charge in [0, 0.05) is 10.6 Å². The summed E-state index contributed by atoms with van der Waals surface area (Å²) in [5.41, 5.74) is 2.59. The van der Waals surface area contributed by atoms with E-state index < -0.39 is 23.6 Å². The molecule has 3 rings (SSSR count). The van der Waals surface area contributed by atoms with Gasteiger partial charge >= 0.3 is 0 Å². The van der Waals surface area contributed by atoms with Crippen molar-refractivity contribution in [2.45, 2.75) is 53.1 Å². The maximum Gasteiger partial charge on any atom is 0.128 e. The van der Waals surface area contributed by atoms with Gasteiger partial charge in [0.1, 0.15) is 20.7 Å².